The molecular weight excluding hydrogens is 504 g/mol. The number of pyridine rings is 1. The van der Waals surface area contributed by atoms with Gasteiger partial charge in [0.05, 0.1) is 10.9 Å². The summed E-state index contributed by atoms with van der Waals surface area (Å²) in [5.74, 6) is 2.26. The molecular formula is C29H29F2N5OS. The first kappa shape index (κ1) is 24.0. The molecule has 5 heterocycles. The Bertz CT molecular complexity index is 1510. The maximum atomic E-state index is 16.2. The summed E-state index contributed by atoms with van der Waals surface area (Å²) in [7, 11) is 0. The molecule has 0 bridgehead atoms. The second kappa shape index (κ2) is 9.61. The fraction of sp³-hybridized carbons (Fsp3) is 0.414. The minimum absolute atomic E-state index is 0.0253. The minimum atomic E-state index is -0.603. The molecule has 0 radical (unpaired) electrons. The monoisotopic (exact) mass is 533 g/mol. The summed E-state index contributed by atoms with van der Waals surface area (Å²) in [6, 6.07) is 10.3. The lowest BCUT2D eigenvalue weighted by Gasteiger charge is -2.31. The van der Waals surface area contributed by atoms with Crippen molar-refractivity contribution < 1.29 is 13.5 Å². The van der Waals surface area contributed by atoms with Crippen molar-refractivity contribution >= 4 is 39.3 Å². The lowest BCUT2D eigenvalue weighted by Crippen LogP contribution is -2.43. The van der Waals surface area contributed by atoms with E-state index < -0.39 is 11.6 Å². The lowest BCUT2D eigenvalue weighted by atomic mass is 9.95. The number of benzene rings is 2. The molecule has 0 atom stereocenters. The summed E-state index contributed by atoms with van der Waals surface area (Å²) in [4.78, 5) is 16.2. The minimum Gasteiger partial charge on any atom is -0.461 e. The highest BCUT2D eigenvalue weighted by molar-refractivity contribution is 8.00. The van der Waals surface area contributed by atoms with Crippen molar-refractivity contribution in [2.24, 2.45) is 5.92 Å². The number of halogens is 2. The lowest BCUT2D eigenvalue weighted by molar-refractivity contribution is 0.108. The van der Waals surface area contributed by atoms with Crippen LogP contribution < -0.4 is 10.1 Å². The summed E-state index contributed by atoms with van der Waals surface area (Å²) < 4.78 is 37.3. The largest absolute Gasteiger partial charge is 0.461 e. The van der Waals surface area contributed by atoms with Gasteiger partial charge in [-0.2, -0.15) is 21.7 Å². The molecule has 0 unspecified atom stereocenters. The molecule has 7 rings (SSSR count). The number of anilines is 1. The van der Waals surface area contributed by atoms with Crippen molar-refractivity contribution in [1.29, 1.82) is 0 Å². The van der Waals surface area contributed by atoms with Crippen molar-refractivity contribution in [2.45, 2.75) is 31.2 Å². The zero-order valence-electron chi connectivity index (χ0n) is 21.1. The molecule has 3 fully saturated rings. The van der Waals surface area contributed by atoms with Crippen LogP contribution in [0.3, 0.4) is 0 Å². The van der Waals surface area contributed by atoms with Gasteiger partial charge in [-0.3, -0.25) is 9.88 Å². The van der Waals surface area contributed by atoms with Crippen LogP contribution in [0.15, 0.2) is 42.6 Å². The molecule has 0 spiro atoms. The van der Waals surface area contributed by atoms with Crippen LogP contribution in [0.1, 0.15) is 25.7 Å². The Labute approximate surface area is 224 Å². The van der Waals surface area contributed by atoms with Crippen molar-refractivity contribution in [3.8, 4) is 17.3 Å². The molecule has 2 aromatic carbocycles. The smallest absolute Gasteiger partial charge is 0.319 e. The fourth-order valence-corrected chi connectivity index (χ4v) is 7.02. The number of thioether (sulfide) groups is 1. The van der Waals surface area contributed by atoms with Crippen LogP contribution >= 0.6 is 11.8 Å². The Morgan fingerprint density at radius 3 is 2.61 bits per heavy atom. The molecule has 3 saturated heterocycles. The van der Waals surface area contributed by atoms with Crippen molar-refractivity contribution in [3.05, 3.63) is 54.2 Å². The molecule has 4 aromatic rings. The molecule has 3 aliphatic heterocycles. The van der Waals surface area contributed by atoms with Gasteiger partial charge in [0.2, 0.25) is 0 Å². The number of ether oxygens (including phenoxy) is 1. The first-order valence-corrected chi connectivity index (χ1v) is 14.5. The first-order chi connectivity index (χ1) is 18.6. The Hall–Kier alpha value is -3.04. The van der Waals surface area contributed by atoms with Gasteiger partial charge in [-0.05, 0) is 67.6 Å². The zero-order chi connectivity index (χ0) is 25.7. The van der Waals surface area contributed by atoms with Crippen molar-refractivity contribution in [1.82, 2.24) is 19.9 Å². The van der Waals surface area contributed by atoms with E-state index in [0.29, 0.717) is 40.1 Å². The molecule has 0 amide bonds. The molecule has 196 valence electrons. The van der Waals surface area contributed by atoms with Gasteiger partial charge in [0.15, 0.2) is 5.82 Å². The topological polar surface area (TPSA) is 63.2 Å². The molecule has 6 nitrogen and oxygen atoms in total. The molecule has 38 heavy (non-hydrogen) atoms. The summed E-state index contributed by atoms with van der Waals surface area (Å²) >= 11 is 1.92. The zero-order valence-corrected chi connectivity index (χ0v) is 21.9. The van der Waals surface area contributed by atoms with Crippen molar-refractivity contribution in [3.63, 3.8) is 0 Å². The second-order valence-electron chi connectivity index (χ2n) is 10.7. The van der Waals surface area contributed by atoms with E-state index >= 15 is 4.39 Å². The predicted molar refractivity (Wildman–Crippen MR) is 148 cm³/mol. The summed E-state index contributed by atoms with van der Waals surface area (Å²) in [6.07, 6.45) is 6.11. The molecule has 0 aliphatic carbocycles. The quantitative estimate of drug-likeness (QED) is 0.317. The van der Waals surface area contributed by atoms with E-state index in [1.54, 1.807) is 24.4 Å². The van der Waals surface area contributed by atoms with E-state index in [1.807, 2.05) is 23.9 Å². The maximum absolute atomic E-state index is 16.2. The van der Waals surface area contributed by atoms with Crippen LogP contribution in [0.25, 0.3) is 32.9 Å². The molecule has 0 saturated carbocycles. The van der Waals surface area contributed by atoms with Gasteiger partial charge in [-0.1, -0.05) is 30.3 Å². The Morgan fingerprint density at radius 1 is 1.05 bits per heavy atom. The van der Waals surface area contributed by atoms with Crippen LogP contribution in [0.2, 0.25) is 0 Å². The van der Waals surface area contributed by atoms with Crippen LogP contribution in [0.5, 0.6) is 6.01 Å². The van der Waals surface area contributed by atoms with Gasteiger partial charge < -0.3 is 10.1 Å². The molecule has 3 aliphatic rings. The number of hydrogen-bond acceptors (Lipinski definition) is 7. The number of nitrogens with one attached hydrogen (secondary N) is 1. The third-order valence-electron chi connectivity index (χ3n) is 8.32. The third-order valence-corrected chi connectivity index (χ3v) is 9.73. The van der Waals surface area contributed by atoms with Gasteiger partial charge in [0.1, 0.15) is 29.5 Å². The van der Waals surface area contributed by atoms with Gasteiger partial charge in [0.25, 0.3) is 0 Å². The SMILES string of the molecule is Fc1c(-c2cccc3cccc(F)c23)ncc2c(NCC3CSC3)nc(OCC34CCCN3CCC4)nc12. The predicted octanol–water partition coefficient (Wildman–Crippen LogP) is 5.91. The normalized spacial score (nSPS) is 19.1. The van der Waals surface area contributed by atoms with Crippen molar-refractivity contribution in [2.75, 3.05) is 43.1 Å². The Balaban J connectivity index is 1.31. The van der Waals surface area contributed by atoms with Crippen LogP contribution in [0.4, 0.5) is 14.6 Å². The Kier molecular flexibility index (Phi) is 6.08. The first-order valence-electron chi connectivity index (χ1n) is 13.3. The number of aromatic nitrogens is 3. The van der Waals surface area contributed by atoms with Gasteiger partial charge in [0, 0.05) is 23.7 Å². The van der Waals surface area contributed by atoms with Gasteiger partial charge in [-0.15, -0.1) is 0 Å². The summed E-state index contributed by atoms with van der Waals surface area (Å²) in [5, 5.41) is 4.93. The highest BCUT2D eigenvalue weighted by atomic mass is 32.2. The Morgan fingerprint density at radius 2 is 1.84 bits per heavy atom. The average molecular weight is 534 g/mol. The van der Waals surface area contributed by atoms with Gasteiger partial charge in [-0.25, -0.2) is 8.78 Å². The highest BCUT2D eigenvalue weighted by Gasteiger charge is 2.45. The van der Waals surface area contributed by atoms with E-state index in [0.717, 1.165) is 44.0 Å². The molecule has 1 N–H and O–H groups in total. The standard InChI is InChI=1S/C29H29F2N5OS/c30-22-8-2-6-19-5-1-7-20(23(19)22)25-24(31)26-21(14-32-25)27(33-13-18-15-38-16-18)35-28(34-26)37-17-29-9-3-11-36(29)12-4-10-29/h1-2,5-8,14,18H,3-4,9-13,15-17H2,(H,33,34,35). The van der Waals surface area contributed by atoms with Crippen LogP contribution in [-0.4, -0.2) is 63.1 Å². The number of fused-ring (bicyclic) bond motifs is 3. The van der Waals surface area contributed by atoms with E-state index in [9.17, 15) is 4.39 Å². The highest BCUT2D eigenvalue weighted by Crippen LogP contribution is 2.40. The molecule has 2 aromatic heterocycles. The average Bonchev–Trinajstić information content (AvgIpc) is 3.48. The van der Waals surface area contributed by atoms with Crippen LogP contribution in [-0.2, 0) is 0 Å². The summed E-state index contributed by atoms with van der Waals surface area (Å²) in [5.41, 5.74) is 0.618. The van der Waals surface area contributed by atoms with Gasteiger partial charge >= 0.3 is 6.01 Å². The fourth-order valence-electron chi connectivity index (χ4n) is 6.22. The maximum Gasteiger partial charge on any atom is 0.319 e. The number of nitrogens with zero attached hydrogens (tertiary/aromatic N) is 4. The summed E-state index contributed by atoms with van der Waals surface area (Å²) in [6.45, 7) is 3.43. The van der Waals surface area contributed by atoms with Crippen LogP contribution in [0, 0.1) is 17.6 Å². The number of hydrogen-bond donors (Lipinski definition) is 1. The van der Waals surface area contributed by atoms with E-state index in [4.69, 9.17) is 4.74 Å². The van der Waals surface area contributed by atoms with E-state index in [2.05, 4.69) is 25.2 Å². The third kappa shape index (κ3) is 4.07. The number of rotatable bonds is 7. The van der Waals surface area contributed by atoms with E-state index in [1.165, 1.54) is 18.9 Å². The molecule has 9 heteroatoms. The van der Waals surface area contributed by atoms with E-state index in [-0.39, 0.29) is 22.8 Å². The second-order valence-corrected chi connectivity index (χ2v) is 11.7.